The number of aromatic amines is 1. The van der Waals surface area contributed by atoms with Gasteiger partial charge in [0.05, 0.1) is 6.61 Å². The van der Waals surface area contributed by atoms with Crippen molar-refractivity contribution < 1.29 is 23.0 Å². The standard InChI is InChI=1S/C8H8F3NO3/c1-4-2-5(3-13)6(7(14)12-4)15-8(9,10)11/h2,13H,3H2,1H3,(H,12,14). The van der Waals surface area contributed by atoms with E-state index in [0.717, 1.165) is 0 Å². The first-order chi connectivity index (χ1) is 6.83. The van der Waals surface area contributed by atoms with E-state index in [9.17, 15) is 18.0 Å². The topological polar surface area (TPSA) is 62.3 Å². The summed E-state index contributed by atoms with van der Waals surface area (Å²) in [5, 5.41) is 8.76. The summed E-state index contributed by atoms with van der Waals surface area (Å²) in [6.07, 6.45) is -4.95. The van der Waals surface area contributed by atoms with E-state index >= 15 is 0 Å². The molecule has 1 rings (SSSR count). The highest BCUT2D eigenvalue weighted by molar-refractivity contribution is 5.31. The maximum Gasteiger partial charge on any atom is 0.573 e. The van der Waals surface area contributed by atoms with E-state index in [1.165, 1.54) is 13.0 Å². The molecule has 1 aromatic heterocycles. The number of rotatable bonds is 2. The zero-order valence-electron chi connectivity index (χ0n) is 7.68. The van der Waals surface area contributed by atoms with Crippen molar-refractivity contribution in [3.8, 4) is 5.75 Å². The minimum Gasteiger partial charge on any atom is -0.399 e. The Morgan fingerprint density at radius 2 is 2.13 bits per heavy atom. The molecule has 0 spiro atoms. The van der Waals surface area contributed by atoms with Crippen molar-refractivity contribution in [2.45, 2.75) is 19.9 Å². The molecule has 1 aromatic rings. The molecule has 0 saturated carbocycles. The summed E-state index contributed by atoms with van der Waals surface area (Å²) < 4.78 is 39.2. The summed E-state index contributed by atoms with van der Waals surface area (Å²) in [5.74, 6) is -0.921. The number of hydrogen-bond acceptors (Lipinski definition) is 3. The molecule has 1 heterocycles. The summed E-state index contributed by atoms with van der Waals surface area (Å²) >= 11 is 0. The van der Waals surface area contributed by atoms with Crippen molar-refractivity contribution in [3.05, 3.63) is 27.7 Å². The van der Waals surface area contributed by atoms with Crippen molar-refractivity contribution in [1.82, 2.24) is 4.98 Å². The lowest BCUT2D eigenvalue weighted by atomic mass is 10.2. The van der Waals surface area contributed by atoms with Crippen LogP contribution in [0, 0.1) is 6.92 Å². The SMILES string of the molecule is Cc1cc(CO)c(OC(F)(F)F)c(=O)[nH]1. The fraction of sp³-hybridized carbons (Fsp3) is 0.375. The Balaban J connectivity index is 3.22. The molecular weight excluding hydrogens is 215 g/mol. The Morgan fingerprint density at radius 3 is 2.60 bits per heavy atom. The highest BCUT2D eigenvalue weighted by Crippen LogP contribution is 2.23. The van der Waals surface area contributed by atoms with Crippen LogP contribution in [-0.4, -0.2) is 16.5 Å². The first kappa shape index (κ1) is 11.6. The van der Waals surface area contributed by atoms with Gasteiger partial charge < -0.3 is 14.8 Å². The van der Waals surface area contributed by atoms with Crippen molar-refractivity contribution >= 4 is 0 Å². The molecule has 0 aromatic carbocycles. The van der Waals surface area contributed by atoms with Gasteiger partial charge in [0, 0.05) is 11.3 Å². The first-order valence-corrected chi connectivity index (χ1v) is 3.93. The third kappa shape index (κ3) is 2.98. The number of alkyl halides is 3. The monoisotopic (exact) mass is 223 g/mol. The number of halogens is 3. The second-order valence-corrected chi connectivity index (χ2v) is 2.84. The van der Waals surface area contributed by atoms with Gasteiger partial charge in [-0.1, -0.05) is 0 Å². The summed E-state index contributed by atoms with van der Waals surface area (Å²) in [5.41, 5.74) is -0.872. The molecule has 0 aliphatic carbocycles. The van der Waals surface area contributed by atoms with E-state index in [4.69, 9.17) is 5.11 Å². The summed E-state index contributed by atoms with van der Waals surface area (Å²) in [6.45, 7) is 0.786. The summed E-state index contributed by atoms with van der Waals surface area (Å²) in [7, 11) is 0. The number of hydrogen-bond donors (Lipinski definition) is 2. The van der Waals surface area contributed by atoms with Gasteiger partial charge in [0.1, 0.15) is 0 Å². The third-order valence-corrected chi connectivity index (χ3v) is 1.59. The number of aryl methyl sites for hydroxylation is 1. The fourth-order valence-corrected chi connectivity index (χ4v) is 1.09. The first-order valence-electron chi connectivity index (χ1n) is 3.93. The minimum absolute atomic E-state index is 0.200. The molecule has 84 valence electrons. The number of nitrogens with one attached hydrogen (secondary N) is 1. The minimum atomic E-state index is -4.95. The number of H-pyrrole nitrogens is 1. The van der Waals surface area contributed by atoms with Crippen LogP contribution >= 0.6 is 0 Å². The Labute approximate surface area is 82.3 Å². The lowest BCUT2D eigenvalue weighted by Crippen LogP contribution is -2.24. The maximum absolute atomic E-state index is 11.9. The number of pyridine rings is 1. The van der Waals surface area contributed by atoms with Gasteiger partial charge in [-0.25, -0.2) is 0 Å². The smallest absolute Gasteiger partial charge is 0.399 e. The zero-order chi connectivity index (χ0) is 11.6. The van der Waals surface area contributed by atoms with Crippen LogP contribution in [0.1, 0.15) is 11.3 Å². The molecule has 0 saturated heterocycles. The molecule has 15 heavy (non-hydrogen) atoms. The number of aromatic nitrogens is 1. The van der Waals surface area contributed by atoms with Gasteiger partial charge in [-0.05, 0) is 13.0 Å². The van der Waals surface area contributed by atoms with E-state index in [1.54, 1.807) is 0 Å². The predicted octanol–water partition coefficient (Wildman–Crippen LogP) is 1.07. The van der Waals surface area contributed by atoms with Gasteiger partial charge in [-0.15, -0.1) is 13.2 Å². The van der Waals surface area contributed by atoms with Gasteiger partial charge >= 0.3 is 6.36 Å². The largest absolute Gasteiger partial charge is 0.573 e. The van der Waals surface area contributed by atoms with Crippen LogP contribution in [0.5, 0.6) is 5.75 Å². The highest BCUT2D eigenvalue weighted by Gasteiger charge is 2.33. The highest BCUT2D eigenvalue weighted by atomic mass is 19.4. The zero-order valence-corrected chi connectivity index (χ0v) is 7.68. The van der Waals surface area contributed by atoms with Gasteiger partial charge in [-0.2, -0.15) is 0 Å². The molecule has 0 amide bonds. The van der Waals surface area contributed by atoms with Gasteiger partial charge in [-0.3, -0.25) is 4.79 Å². The van der Waals surface area contributed by atoms with Crippen molar-refractivity contribution in [2.24, 2.45) is 0 Å². The second kappa shape index (κ2) is 3.93. The number of ether oxygens (including phenoxy) is 1. The Morgan fingerprint density at radius 1 is 1.53 bits per heavy atom. The molecule has 0 fully saturated rings. The average molecular weight is 223 g/mol. The van der Waals surface area contributed by atoms with Crippen LogP contribution in [0.4, 0.5) is 13.2 Å². The van der Waals surface area contributed by atoms with E-state index in [2.05, 4.69) is 9.72 Å². The third-order valence-electron chi connectivity index (χ3n) is 1.59. The molecule has 4 nitrogen and oxygen atoms in total. The number of aliphatic hydroxyl groups is 1. The van der Waals surface area contributed by atoms with Gasteiger partial charge in [0.15, 0.2) is 5.75 Å². The quantitative estimate of drug-likeness (QED) is 0.788. The van der Waals surface area contributed by atoms with Crippen LogP contribution in [0.2, 0.25) is 0 Å². The van der Waals surface area contributed by atoms with Crippen LogP contribution in [0.3, 0.4) is 0 Å². The van der Waals surface area contributed by atoms with Crippen molar-refractivity contribution in [1.29, 1.82) is 0 Å². The van der Waals surface area contributed by atoms with Crippen molar-refractivity contribution in [3.63, 3.8) is 0 Å². The van der Waals surface area contributed by atoms with E-state index in [1.807, 2.05) is 0 Å². The molecule has 0 aliphatic rings. The van der Waals surface area contributed by atoms with E-state index in [-0.39, 0.29) is 5.56 Å². The lowest BCUT2D eigenvalue weighted by molar-refractivity contribution is -0.275. The fourth-order valence-electron chi connectivity index (χ4n) is 1.09. The molecular formula is C8H8F3NO3. The molecule has 0 atom stereocenters. The Kier molecular flexibility index (Phi) is 3.04. The molecule has 0 radical (unpaired) electrons. The van der Waals surface area contributed by atoms with E-state index < -0.39 is 24.3 Å². The molecule has 7 heteroatoms. The normalized spacial score (nSPS) is 11.5. The Hall–Kier alpha value is -1.50. The lowest BCUT2D eigenvalue weighted by Gasteiger charge is -2.11. The molecule has 0 bridgehead atoms. The van der Waals surface area contributed by atoms with Crippen LogP contribution in [0.25, 0.3) is 0 Å². The van der Waals surface area contributed by atoms with Crippen molar-refractivity contribution in [2.75, 3.05) is 0 Å². The molecule has 0 aliphatic heterocycles. The Bertz CT molecular complexity index is 411. The maximum atomic E-state index is 11.9. The predicted molar refractivity (Wildman–Crippen MR) is 44.4 cm³/mol. The van der Waals surface area contributed by atoms with Crippen LogP contribution < -0.4 is 10.3 Å². The summed E-state index contributed by atoms with van der Waals surface area (Å²) in [6, 6.07) is 1.21. The molecule has 2 N–H and O–H groups in total. The molecule has 0 unspecified atom stereocenters. The van der Waals surface area contributed by atoms with E-state index in [0.29, 0.717) is 5.69 Å². The number of aliphatic hydroxyl groups excluding tert-OH is 1. The second-order valence-electron chi connectivity index (χ2n) is 2.84. The average Bonchev–Trinajstić information content (AvgIpc) is 2.07. The van der Waals surface area contributed by atoms with Gasteiger partial charge in [0.2, 0.25) is 0 Å². The van der Waals surface area contributed by atoms with Crippen LogP contribution in [-0.2, 0) is 6.61 Å². The summed E-state index contributed by atoms with van der Waals surface area (Å²) in [4.78, 5) is 13.3. The van der Waals surface area contributed by atoms with Crippen LogP contribution in [0.15, 0.2) is 10.9 Å². The van der Waals surface area contributed by atoms with Gasteiger partial charge in [0.25, 0.3) is 5.56 Å².